The summed E-state index contributed by atoms with van der Waals surface area (Å²) in [5.74, 6) is 3.10. The molecule has 4 N–H and O–H groups in total. The Labute approximate surface area is 228 Å². The van der Waals surface area contributed by atoms with Crippen molar-refractivity contribution in [2.24, 2.45) is 46.3 Å². The number of benzene rings is 1. The van der Waals surface area contributed by atoms with Crippen LogP contribution in [0.2, 0.25) is 0 Å². The molecule has 0 aromatic heterocycles. The number of hydroxylamine groups is 1. The number of hydrogen-bond acceptors (Lipinski definition) is 4. The number of hydrogen-bond donors (Lipinski definition) is 4. The molecule has 1 aromatic rings. The van der Waals surface area contributed by atoms with Gasteiger partial charge < -0.3 is 10.4 Å². The summed E-state index contributed by atoms with van der Waals surface area (Å²) in [5.41, 5.74) is 3.63. The molecule has 0 radical (unpaired) electrons. The topological polar surface area (TPSA) is 98.7 Å². The number of amides is 2. The number of carbonyl (C=O) groups excluding carboxylic acids is 2. The Morgan fingerprint density at radius 2 is 1.74 bits per heavy atom. The van der Waals surface area contributed by atoms with Crippen LogP contribution in [0.15, 0.2) is 24.3 Å². The van der Waals surface area contributed by atoms with Crippen molar-refractivity contribution >= 4 is 11.8 Å². The maximum absolute atomic E-state index is 12.7. The van der Waals surface area contributed by atoms with E-state index in [1.807, 2.05) is 0 Å². The summed E-state index contributed by atoms with van der Waals surface area (Å²) in [4.78, 5) is 24.2. The second kappa shape index (κ2) is 10.9. The summed E-state index contributed by atoms with van der Waals surface area (Å²) in [7, 11) is 0. The third kappa shape index (κ3) is 4.92. The van der Waals surface area contributed by atoms with E-state index < -0.39 is 5.91 Å². The van der Waals surface area contributed by atoms with E-state index in [1.165, 1.54) is 51.4 Å². The van der Waals surface area contributed by atoms with Gasteiger partial charge in [-0.15, -0.1) is 0 Å². The van der Waals surface area contributed by atoms with E-state index in [9.17, 15) is 14.7 Å². The van der Waals surface area contributed by atoms with E-state index >= 15 is 0 Å². The van der Waals surface area contributed by atoms with Crippen LogP contribution in [0.1, 0.15) is 107 Å². The molecule has 0 aliphatic heterocycles. The van der Waals surface area contributed by atoms with Gasteiger partial charge in [-0.05, 0) is 115 Å². The van der Waals surface area contributed by atoms with Gasteiger partial charge in [-0.1, -0.05) is 45.7 Å². The molecule has 0 heterocycles. The highest BCUT2D eigenvalue weighted by atomic mass is 16.5. The van der Waals surface area contributed by atoms with Gasteiger partial charge in [-0.2, -0.15) is 0 Å². The average molecular weight is 525 g/mol. The van der Waals surface area contributed by atoms with Crippen LogP contribution in [0.25, 0.3) is 0 Å². The molecule has 4 unspecified atom stereocenters. The number of aliphatic hydroxyl groups is 1. The molecule has 210 valence electrons. The maximum atomic E-state index is 12.7. The minimum atomic E-state index is -0.545. The number of fused-ring (bicyclic) bond motifs is 5. The van der Waals surface area contributed by atoms with Crippen molar-refractivity contribution in [1.82, 2.24) is 10.8 Å². The van der Waals surface area contributed by atoms with Crippen molar-refractivity contribution in [2.45, 2.75) is 104 Å². The van der Waals surface area contributed by atoms with Crippen LogP contribution >= 0.6 is 0 Å². The normalized spacial score (nSPS) is 38.9. The van der Waals surface area contributed by atoms with Gasteiger partial charge in [0.05, 0.1) is 6.10 Å². The molecule has 4 aliphatic rings. The third-order valence-electron chi connectivity index (χ3n) is 12.0. The fourth-order valence-electron chi connectivity index (χ4n) is 9.92. The zero-order valence-electron chi connectivity index (χ0n) is 23.5. The van der Waals surface area contributed by atoms with Crippen molar-refractivity contribution in [1.29, 1.82) is 0 Å². The first-order chi connectivity index (χ1) is 18.2. The number of carbonyl (C=O) groups is 2. The first kappa shape index (κ1) is 27.6. The Kier molecular flexibility index (Phi) is 7.94. The molecule has 2 amide bonds. The lowest BCUT2D eigenvalue weighted by Gasteiger charge is -2.62. The van der Waals surface area contributed by atoms with Crippen molar-refractivity contribution in [2.75, 3.05) is 0 Å². The van der Waals surface area contributed by atoms with Gasteiger partial charge in [-0.3, -0.25) is 14.8 Å². The fourth-order valence-corrected chi connectivity index (χ4v) is 9.92. The SMILES string of the molecule is C[C@H](CCC(=O)NCc1ccc(C(=O)NO)cc1)C1CCC2[C@H]3C(CC[C@@]21C)[C@@]1(C)CCCCC1C[C@@H]3O. The van der Waals surface area contributed by atoms with Gasteiger partial charge in [0.1, 0.15) is 0 Å². The molecular weight excluding hydrogens is 476 g/mol. The second-order valence-corrected chi connectivity index (χ2v) is 13.7. The maximum Gasteiger partial charge on any atom is 0.274 e. The lowest BCUT2D eigenvalue weighted by atomic mass is 9.44. The molecule has 6 heteroatoms. The van der Waals surface area contributed by atoms with E-state index in [0.717, 1.165) is 18.4 Å². The summed E-state index contributed by atoms with van der Waals surface area (Å²) in [6.07, 6.45) is 12.7. The van der Waals surface area contributed by atoms with Gasteiger partial charge in [0, 0.05) is 18.5 Å². The highest BCUT2D eigenvalue weighted by Crippen LogP contribution is 2.68. The predicted molar refractivity (Wildman–Crippen MR) is 147 cm³/mol. The van der Waals surface area contributed by atoms with Crippen LogP contribution in [0.3, 0.4) is 0 Å². The average Bonchev–Trinajstić information content (AvgIpc) is 3.28. The van der Waals surface area contributed by atoms with Crippen LogP contribution < -0.4 is 10.8 Å². The number of nitrogens with one attached hydrogen (secondary N) is 2. The highest BCUT2D eigenvalue weighted by molar-refractivity contribution is 5.93. The van der Waals surface area contributed by atoms with E-state index in [2.05, 4.69) is 26.1 Å². The Hall–Kier alpha value is -1.92. The van der Waals surface area contributed by atoms with Crippen LogP contribution in [0, 0.1) is 46.3 Å². The molecule has 6 nitrogen and oxygen atoms in total. The van der Waals surface area contributed by atoms with Gasteiger partial charge >= 0.3 is 0 Å². The van der Waals surface area contributed by atoms with Crippen molar-refractivity contribution < 1.29 is 19.9 Å². The van der Waals surface area contributed by atoms with Crippen LogP contribution in [0.5, 0.6) is 0 Å². The monoisotopic (exact) mass is 524 g/mol. The van der Waals surface area contributed by atoms with Gasteiger partial charge in [0.25, 0.3) is 5.91 Å². The molecule has 1 aromatic carbocycles. The van der Waals surface area contributed by atoms with Gasteiger partial charge in [0.2, 0.25) is 5.91 Å². The summed E-state index contributed by atoms with van der Waals surface area (Å²) in [6.45, 7) is 7.86. The summed E-state index contributed by atoms with van der Waals surface area (Å²) >= 11 is 0. The molecule has 5 rings (SSSR count). The van der Waals surface area contributed by atoms with E-state index in [4.69, 9.17) is 5.21 Å². The summed E-state index contributed by atoms with van der Waals surface area (Å²) < 4.78 is 0. The third-order valence-corrected chi connectivity index (χ3v) is 12.0. The van der Waals surface area contributed by atoms with Gasteiger partial charge in [0.15, 0.2) is 0 Å². The molecule has 0 saturated heterocycles. The van der Waals surface area contributed by atoms with E-state index in [1.54, 1.807) is 29.7 Å². The predicted octanol–water partition coefficient (Wildman–Crippen LogP) is 5.86. The van der Waals surface area contributed by atoms with Crippen LogP contribution in [-0.2, 0) is 11.3 Å². The number of rotatable bonds is 7. The largest absolute Gasteiger partial charge is 0.393 e. The van der Waals surface area contributed by atoms with Crippen molar-refractivity contribution in [3.63, 3.8) is 0 Å². The van der Waals surface area contributed by atoms with Crippen molar-refractivity contribution in [3.8, 4) is 0 Å². The molecule has 4 fully saturated rings. The van der Waals surface area contributed by atoms with Crippen molar-refractivity contribution in [3.05, 3.63) is 35.4 Å². The lowest BCUT2D eigenvalue weighted by Crippen LogP contribution is -2.57. The number of aliphatic hydroxyl groups excluding tert-OH is 1. The smallest absolute Gasteiger partial charge is 0.274 e. The first-order valence-electron chi connectivity index (χ1n) is 15.2. The standard InChI is InChI=1S/C32H48N2O4/c1-20(7-14-28(36)33-19-21-8-10-22(11-9-21)30(37)34-38)24-12-13-25-29-26(15-17-32(24,25)3)31(2)16-5-4-6-23(31)18-27(29)35/h8-11,20,23-27,29,35,38H,4-7,12-19H2,1-3H3,(H,33,36)(H,34,37)/t20-,23?,24?,25?,26?,27+,29+,31+,32-/m1/s1. The molecule has 0 bridgehead atoms. The van der Waals surface area contributed by atoms with E-state index in [-0.39, 0.29) is 17.4 Å². The Morgan fingerprint density at radius 3 is 2.47 bits per heavy atom. The van der Waals surface area contributed by atoms with Gasteiger partial charge in [-0.25, -0.2) is 5.48 Å². The Morgan fingerprint density at radius 1 is 1.00 bits per heavy atom. The van der Waals surface area contributed by atoms with E-state index in [0.29, 0.717) is 59.5 Å². The minimum absolute atomic E-state index is 0.0661. The molecular formula is C32H48N2O4. The van der Waals surface area contributed by atoms with Crippen LogP contribution in [0.4, 0.5) is 0 Å². The quantitative estimate of drug-likeness (QED) is 0.265. The summed E-state index contributed by atoms with van der Waals surface area (Å²) in [6, 6.07) is 6.86. The molecule has 0 spiro atoms. The van der Waals surface area contributed by atoms with Crippen LogP contribution in [-0.4, -0.2) is 28.2 Å². The minimum Gasteiger partial charge on any atom is -0.393 e. The molecule has 4 saturated carbocycles. The summed E-state index contributed by atoms with van der Waals surface area (Å²) in [5, 5.41) is 23.2. The zero-order valence-corrected chi connectivity index (χ0v) is 23.5. The highest BCUT2D eigenvalue weighted by Gasteiger charge is 2.62. The Balaban J connectivity index is 1.16. The lowest BCUT2D eigenvalue weighted by molar-refractivity contribution is -0.164. The molecule has 9 atom stereocenters. The Bertz CT molecular complexity index is 1010. The fraction of sp³-hybridized carbons (Fsp3) is 0.750. The molecule has 38 heavy (non-hydrogen) atoms. The molecule has 4 aliphatic carbocycles. The zero-order chi connectivity index (χ0) is 27.1. The first-order valence-corrected chi connectivity index (χ1v) is 15.2. The second-order valence-electron chi connectivity index (χ2n) is 13.7.